The minimum absolute atomic E-state index is 0.102. The second-order valence-electron chi connectivity index (χ2n) is 7.81. The first-order valence-electron chi connectivity index (χ1n) is 10.3. The van der Waals surface area contributed by atoms with Crippen LogP contribution in [0.5, 0.6) is 5.75 Å². The van der Waals surface area contributed by atoms with Crippen LogP contribution in [0, 0.1) is 5.92 Å². The number of phenolic OH excluding ortho intramolecular Hbond substituents is 1. The minimum atomic E-state index is 0.102. The van der Waals surface area contributed by atoms with Gasteiger partial charge in [-0.3, -0.25) is 0 Å². The van der Waals surface area contributed by atoms with Crippen LogP contribution >= 0.6 is 0 Å². The quantitative estimate of drug-likeness (QED) is 0.580. The van der Waals surface area contributed by atoms with Gasteiger partial charge in [-0.05, 0) is 36.6 Å². The SMILES string of the molecule is N[C@@H](CNc1nc(-c2ccccc2O)nc2ccccc12)CC1CCCCC1. The Bertz CT molecular complexity index is 937. The Labute approximate surface area is 166 Å². The molecule has 3 aromatic rings. The van der Waals surface area contributed by atoms with Crippen molar-refractivity contribution >= 4 is 16.7 Å². The molecule has 0 unspecified atom stereocenters. The first kappa shape index (κ1) is 18.7. The Hall–Kier alpha value is -2.66. The summed E-state index contributed by atoms with van der Waals surface area (Å²) in [6, 6.07) is 15.2. The largest absolute Gasteiger partial charge is 0.507 e. The summed E-state index contributed by atoms with van der Waals surface area (Å²) in [7, 11) is 0. The molecular weight excluding hydrogens is 348 g/mol. The van der Waals surface area contributed by atoms with Crippen LogP contribution in [0.15, 0.2) is 48.5 Å². The van der Waals surface area contributed by atoms with Gasteiger partial charge in [-0.1, -0.05) is 56.4 Å². The van der Waals surface area contributed by atoms with Gasteiger partial charge < -0.3 is 16.2 Å². The maximum atomic E-state index is 10.2. The number of anilines is 1. The van der Waals surface area contributed by atoms with E-state index in [1.807, 2.05) is 36.4 Å². The van der Waals surface area contributed by atoms with Gasteiger partial charge in [-0.2, -0.15) is 0 Å². The number of aromatic nitrogens is 2. The van der Waals surface area contributed by atoms with E-state index in [9.17, 15) is 5.11 Å². The Balaban J connectivity index is 1.56. The van der Waals surface area contributed by atoms with Crippen LogP contribution in [0.25, 0.3) is 22.3 Å². The summed E-state index contributed by atoms with van der Waals surface area (Å²) in [6.07, 6.45) is 7.72. The number of nitrogens with two attached hydrogens (primary N) is 1. The molecule has 4 N–H and O–H groups in total. The van der Waals surface area contributed by atoms with Gasteiger partial charge in [-0.25, -0.2) is 9.97 Å². The summed E-state index contributed by atoms with van der Waals surface area (Å²) in [5.41, 5.74) is 7.90. The molecule has 0 bridgehead atoms. The molecule has 1 saturated carbocycles. The number of fused-ring (bicyclic) bond motifs is 1. The molecule has 0 aliphatic heterocycles. The fourth-order valence-electron chi connectivity index (χ4n) is 4.16. The normalized spacial score (nSPS) is 16.2. The van der Waals surface area contributed by atoms with Crippen molar-refractivity contribution < 1.29 is 5.11 Å². The summed E-state index contributed by atoms with van der Waals surface area (Å²) in [5.74, 6) is 2.21. The fraction of sp³-hybridized carbons (Fsp3) is 0.391. The van der Waals surface area contributed by atoms with E-state index in [4.69, 9.17) is 10.7 Å². The predicted octanol–water partition coefficient (Wildman–Crippen LogP) is 4.71. The van der Waals surface area contributed by atoms with E-state index >= 15 is 0 Å². The molecular formula is C23H28N4O. The molecule has 1 aliphatic carbocycles. The predicted molar refractivity (Wildman–Crippen MR) is 114 cm³/mol. The number of rotatable bonds is 6. The highest BCUT2D eigenvalue weighted by atomic mass is 16.3. The van der Waals surface area contributed by atoms with Crippen LogP contribution in [-0.2, 0) is 0 Å². The molecule has 1 aliphatic rings. The van der Waals surface area contributed by atoms with Crippen LogP contribution in [-0.4, -0.2) is 27.7 Å². The zero-order valence-electron chi connectivity index (χ0n) is 16.1. The fourth-order valence-corrected chi connectivity index (χ4v) is 4.16. The topological polar surface area (TPSA) is 84.1 Å². The Morgan fingerprint density at radius 1 is 1.00 bits per heavy atom. The lowest BCUT2D eigenvalue weighted by atomic mass is 9.85. The van der Waals surface area contributed by atoms with Crippen LogP contribution in [0.3, 0.4) is 0 Å². The highest BCUT2D eigenvalue weighted by Gasteiger charge is 2.17. The van der Waals surface area contributed by atoms with Gasteiger partial charge in [0.25, 0.3) is 0 Å². The number of nitrogens with one attached hydrogen (secondary N) is 1. The summed E-state index contributed by atoms with van der Waals surface area (Å²) in [4.78, 5) is 9.36. The maximum absolute atomic E-state index is 10.2. The van der Waals surface area contributed by atoms with E-state index < -0.39 is 0 Å². The summed E-state index contributed by atoms with van der Waals surface area (Å²) >= 11 is 0. The Kier molecular flexibility index (Phi) is 5.72. The third kappa shape index (κ3) is 4.25. The van der Waals surface area contributed by atoms with E-state index in [0.717, 1.165) is 29.1 Å². The number of aromatic hydroxyl groups is 1. The van der Waals surface area contributed by atoms with Crippen LogP contribution in [0.2, 0.25) is 0 Å². The smallest absolute Gasteiger partial charge is 0.165 e. The van der Waals surface area contributed by atoms with Crippen molar-refractivity contribution in [3.05, 3.63) is 48.5 Å². The second kappa shape index (κ2) is 8.57. The van der Waals surface area contributed by atoms with Crippen molar-refractivity contribution in [3.63, 3.8) is 0 Å². The van der Waals surface area contributed by atoms with Gasteiger partial charge >= 0.3 is 0 Å². The molecule has 1 atom stereocenters. The maximum Gasteiger partial charge on any atom is 0.165 e. The summed E-state index contributed by atoms with van der Waals surface area (Å²) < 4.78 is 0. The van der Waals surface area contributed by atoms with Crippen molar-refractivity contribution in [3.8, 4) is 17.1 Å². The average molecular weight is 377 g/mol. The lowest BCUT2D eigenvalue weighted by molar-refractivity contribution is 0.320. The van der Waals surface area contributed by atoms with Crippen molar-refractivity contribution in [1.82, 2.24) is 9.97 Å². The molecule has 2 aromatic carbocycles. The molecule has 0 spiro atoms. The molecule has 28 heavy (non-hydrogen) atoms. The van der Waals surface area contributed by atoms with Gasteiger partial charge in [0.1, 0.15) is 11.6 Å². The van der Waals surface area contributed by atoms with Crippen molar-refractivity contribution in [2.75, 3.05) is 11.9 Å². The van der Waals surface area contributed by atoms with Gasteiger partial charge in [0.2, 0.25) is 0 Å². The third-order valence-electron chi connectivity index (χ3n) is 5.64. The zero-order valence-corrected chi connectivity index (χ0v) is 16.1. The zero-order chi connectivity index (χ0) is 19.3. The molecule has 1 fully saturated rings. The van der Waals surface area contributed by atoms with Gasteiger partial charge in [0.15, 0.2) is 5.82 Å². The van der Waals surface area contributed by atoms with E-state index in [-0.39, 0.29) is 11.8 Å². The molecule has 1 aromatic heterocycles. The molecule has 0 amide bonds. The number of para-hydroxylation sites is 2. The highest BCUT2D eigenvalue weighted by Crippen LogP contribution is 2.30. The Morgan fingerprint density at radius 3 is 2.57 bits per heavy atom. The monoisotopic (exact) mass is 376 g/mol. The van der Waals surface area contributed by atoms with Crippen molar-refractivity contribution in [2.45, 2.75) is 44.6 Å². The highest BCUT2D eigenvalue weighted by molar-refractivity contribution is 5.90. The Morgan fingerprint density at radius 2 is 1.75 bits per heavy atom. The van der Waals surface area contributed by atoms with E-state index in [2.05, 4.69) is 10.3 Å². The number of nitrogens with zero attached hydrogens (tertiary/aromatic N) is 2. The number of phenols is 1. The lowest BCUT2D eigenvalue weighted by Gasteiger charge is -2.25. The number of hydrogen-bond donors (Lipinski definition) is 3. The first-order chi connectivity index (χ1) is 13.7. The molecule has 146 valence electrons. The summed E-state index contributed by atoms with van der Waals surface area (Å²) in [6.45, 7) is 0.678. The molecule has 4 rings (SSSR count). The van der Waals surface area contributed by atoms with Gasteiger partial charge in [0, 0.05) is 18.0 Å². The molecule has 0 saturated heterocycles. The minimum Gasteiger partial charge on any atom is -0.507 e. The first-order valence-corrected chi connectivity index (χ1v) is 10.3. The lowest BCUT2D eigenvalue weighted by Crippen LogP contribution is -2.32. The van der Waals surface area contributed by atoms with Gasteiger partial charge in [-0.15, -0.1) is 0 Å². The van der Waals surface area contributed by atoms with Crippen LogP contribution in [0.1, 0.15) is 38.5 Å². The van der Waals surface area contributed by atoms with Crippen LogP contribution in [0.4, 0.5) is 5.82 Å². The van der Waals surface area contributed by atoms with Crippen molar-refractivity contribution in [1.29, 1.82) is 0 Å². The molecule has 0 radical (unpaired) electrons. The van der Waals surface area contributed by atoms with E-state index in [0.29, 0.717) is 17.9 Å². The molecule has 5 heteroatoms. The van der Waals surface area contributed by atoms with Gasteiger partial charge in [0.05, 0.1) is 11.1 Å². The standard InChI is InChI=1S/C23H28N4O/c24-17(14-16-8-2-1-3-9-16)15-25-22-18-10-4-6-12-20(18)26-23(27-22)19-11-5-7-13-21(19)28/h4-7,10-13,16-17,28H,1-3,8-9,14-15,24H2,(H,25,26,27)/t17-/m1/s1. The molecule has 5 nitrogen and oxygen atoms in total. The van der Waals surface area contributed by atoms with Crippen molar-refractivity contribution in [2.24, 2.45) is 11.7 Å². The number of benzene rings is 2. The molecule has 1 heterocycles. The van der Waals surface area contributed by atoms with E-state index in [1.165, 1.54) is 32.1 Å². The summed E-state index contributed by atoms with van der Waals surface area (Å²) in [5, 5.41) is 14.6. The second-order valence-corrected chi connectivity index (χ2v) is 7.81. The van der Waals surface area contributed by atoms with Crippen LogP contribution < -0.4 is 11.1 Å². The third-order valence-corrected chi connectivity index (χ3v) is 5.64. The number of hydrogen-bond acceptors (Lipinski definition) is 5. The average Bonchev–Trinajstić information content (AvgIpc) is 2.73. The van der Waals surface area contributed by atoms with E-state index in [1.54, 1.807) is 12.1 Å².